The Morgan fingerprint density at radius 1 is 0.949 bits per heavy atom. The van der Waals surface area contributed by atoms with Gasteiger partial charge in [0.15, 0.2) is 0 Å². The minimum atomic E-state index is -0.668. The molecule has 1 N–H and O–H groups in total. The molecule has 0 radical (unpaired) electrons. The number of carbonyl (C=O) groups is 2. The predicted molar refractivity (Wildman–Crippen MR) is 155 cm³/mol. The van der Waals surface area contributed by atoms with Gasteiger partial charge in [-0.25, -0.2) is 0 Å². The van der Waals surface area contributed by atoms with Crippen molar-refractivity contribution in [3.05, 3.63) is 101 Å². The highest BCUT2D eigenvalue weighted by Gasteiger charge is 2.45. The van der Waals surface area contributed by atoms with Crippen molar-refractivity contribution in [3.63, 3.8) is 0 Å². The van der Waals surface area contributed by atoms with E-state index in [1.807, 2.05) is 87.4 Å². The molecule has 3 aromatic carbocycles. The van der Waals surface area contributed by atoms with E-state index in [1.165, 1.54) is 5.56 Å². The Morgan fingerprint density at radius 3 is 2.26 bits per heavy atom. The first kappa shape index (κ1) is 27.9. The molecule has 0 saturated carbocycles. The molecular formula is C32H37N3O4. The number of rotatable bonds is 10. The van der Waals surface area contributed by atoms with Crippen molar-refractivity contribution in [2.45, 2.75) is 26.0 Å². The van der Waals surface area contributed by atoms with Crippen LogP contribution in [0.2, 0.25) is 0 Å². The molecule has 1 aliphatic rings. The highest BCUT2D eigenvalue weighted by molar-refractivity contribution is 6.46. The molecule has 0 aliphatic carbocycles. The number of nitrogens with zero attached hydrogens (tertiary/aromatic N) is 3. The fourth-order valence-electron chi connectivity index (χ4n) is 4.80. The lowest BCUT2D eigenvalue weighted by atomic mass is 9.95. The average Bonchev–Trinajstić information content (AvgIpc) is 3.17. The van der Waals surface area contributed by atoms with Crippen LogP contribution in [0.25, 0.3) is 5.76 Å². The van der Waals surface area contributed by atoms with E-state index in [0.717, 1.165) is 23.4 Å². The molecule has 7 heteroatoms. The minimum absolute atomic E-state index is 0.107. The zero-order valence-corrected chi connectivity index (χ0v) is 23.3. The molecule has 0 aromatic heterocycles. The molecule has 7 nitrogen and oxygen atoms in total. The van der Waals surface area contributed by atoms with E-state index in [1.54, 1.807) is 29.2 Å². The first-order valence-electron chi connectivity index (χ1n) is 13.1. The summed E-state index contributed by atoms with van der Waals surface area (Å²) in [5.41, 5.74) is 4.58. The van der Waals surface area contributed by atoms with Crippen LogP contribution >= 0.6 is 0 Å². The normalized spacial score (nSPS) is 16.7. The van der Waals surface area contributed by atoms with Crippen molar-refractivity contribution in [2.75, 3.05) is 46.2 Å². The number of ether oxygens (including phenoxy) is 1. The molecule has 1 atom stereocenters. The molecule has 1 saturated heterocycles. The summed E-state index contributed by atoms with van der Waals surface area (Å²) >= 11 is 0. The second kappa shape index (κ2) is 12.2. The van der Waals surface area contributed by atoms with Crippen LogP contribution in [-0.2, 0) is 16.2 Å². The lowest BCUT2D eigenvalue weighted by Crippen LogP contribution is -2.32. The van der Waals surface area contributed by atoms with Crippen LogP contribution in [0.1, 0.15) is 34.7 Å². The number of hydrogen-bond donors (Lipinski definition) is 1. The molecule has 0 spiro atoms. The van der Waals surface area contributed by atoms with Gasteiger partial charge in [-0.2, -0.15) is 0 Å². The Kier molecular flexibility index (Phi) is 8.72. The first-order valence-corrected chi connectivity index (χ1v) is 13.1. The standard InChI is InChI=1S/C32H37N3O4/c1-22-8-6-9-23(20-22)21-39-27-16-12-25(13-17-27)30(36)28-29(24-10-14-26(15-11-24)34(4)5)35(32(38)31(28)37)19-7-18-33(2)3/h6,8-17,20,29,36H,7,18-19,21H2,1-5H3/t29-/m0/s1. The number of ketones is 1. The van der Waals surface area contributed by atoms with E-state index < -0.39 is 17.7 Å². The summed E-state index contributed by atoms with van der Waals surface area (Å²) in [5.74, 6) is -0.794. The second-order valence-electron chi connectivity index (χ2n) is 10.4. The number of aryl methyl sites for hydroxylation is 1. The van der Waals surface area contributed by atoms with Gasteiger partial charge >= 0.3 is 0 Å². The van der Waals surface area contributed by atoms with E-state index in [2.05, 4.69) is 6.07 Å². The van der Waals surface area contributed by atoms with Crippen molar-refractivity contribution in [2.24, 2.45) is 0 Å². The van der Waals surface area contributed by atoms with Gasteiger partial charge in [0, 0.05) is 31.9 Å². The number of amides is 1. The fourth-order valence-corrected chi connectivity index (χ4v) is 4.80. The van der Waals surface area contributed by atoms with Gasteiger partial charge in [-0.3, -0.25) is 9.59 Å². The summed E-state index contributed by atoms with van der Waals surface area (Å²) in [4.78, 5) is 32.1. The molecular weight excluding hydrogens is 490 g/mol. The number of hydrogen-bond acceptors (Lipinski definition) is 6. The van der Waals surface area contributed by atoms with Crippen molar-refractivity contribution < 1.29 is 19.4 Å². The highest BCUT2D eigenvalue weighted by atomic mass is 16.5. The van der Waals surface area contributed by atoms with E-state index in [4.69, 9.17) is 4.74 Å². The summed E-state index contributed by atoms with van der Waals surface area (Å²) in [7, 11) is 7.85. The zero-order valence-electron chi connectivity index (χ0n) is 23.3. The fraction of sp³-hybridized carbons (Fsp3) is 0.312. The molecule has 3 aromatic rings. The van der Waals surface area contributed by atoms with Gasteiger partial charge in [0.1, 0.15) is 18.1 Å². The van der Waals surface area contributed by atoms with Crippen LogP contribution in [0.5, 0.6) is 5.75 Å². The van der Waals surface area contributed by atoms with E-state index >= 15 is 0 Å². The number of aliphatic hydroxyl groups excluding tert-OH is 1. The molecule has 1 aliphatic heterocycles. The highest BCUT2D eigenvalue weighted by Crippen LogP contribution is 2.40. The van der Waals surface area contributed by atoms with E-state index in [-0.39, 0.29) is 11.3 Å². The first-order chi connectivity index (χ1) is 18.7. The van der Waals surface area contributed by atoms with Crippen molar-refractivity contribution in [1.29, 1.82) is 0 Å². The number of likely N-dealkylation sites (tertiary alicyclic amines) is 1. The summed E-state index contributed by atoms with van der Waals surface area (Å²) in [5, 5.41) is 11.4. The van der Waals surface area contributed by atoms with Crippen molar-refractivity contribution in [1.82, 2.24) is 9.80 Å². The molecule has 0 bridgehead atoms. The van der Waals surface area contributed by atoms with Gasteiger partial charge in [0.05, 0.1) is 11.6 Å². The van der Waals surface area contributed by atoms with Gasteiger partial charge in [0.2, 0.25) is 0 Å². The Balaban J connectivity index is 1.64. The Bertz CT molecular complexity index is 1340. The van der Waals surface area contributed by atoms with Gasteiger partial charge in [-0.15, -0.1) is 0 Å². The largest absolute Gasteiger partial charge is 0.507 e. The maximum atomic E-state index is 13.3. The molecule has 39 heavy (non-hydrogen) atoms. The molecule has 4 rings (SSSR count). The van der Waals surface area contributed by atoms with Crippen LogP contribution < -0.4 is 9.64 Å². The molecule has 0 unspecified atom stereocenters. The van der Waals surface area contributed by atoms with Crippen LogP contribution in [0.15, 0.2) is 78.4 Å². The summed E-state index contributed by atoms with van der Waals surface area (Å²) < 4.78 is 5.91. The summed E-state index contributed by atoms with van der Waals surface area (Å²) in [6.07, 6.45) is 0.708. The number of carbonyl (C=O) groups excluding carboxylic acids is 2. The van der Waals surface area contributed by atoms with Gasteiger partial charge < -0.3 is 24.5 Å². The third-order valence-corrected chi connectivity index (χ3v) is 6.89. The number of aliphatic hydroxyl groups is 1. The number of benzene rings is 3. The van der Waals surface area contributed by atoms with Crippen LogP contribution in [0, 0.1) is 6.92 Å². The average molecular weight is 528 g/mol. The molecule has 1 fully saturated rings. The van der Waals surface area contributed by atoms with E-state index in [9.17, 15) is 14.7 Å². The summed E-state index contributed by atoms with van der Waals surface area (Å²) in [6.45, 7) is 3.65. The molecule has 1 amide bonds. The Morgan fingerprint density at radius 2 is 1.64 bits per heavy atom. The topological polar surface area (TPSA) is 73.3 Å². The zero-order chi connectivity index (χ0) is 28.1. The SMILES string of the molecule is Cc1cccc(COc2ccc(C(O)=C3C(=O)C(=O)N(CCCN(C)C)[C@H]3c3ccc(N(C)C)cc3)cc2)c1. The number of anilines is 1. The lowest BCUT2D eigenvalue weighted by molar-refractivity contribution is -0.139. The maximum absolute atomic E-state index is 13.3. The van der Waals surface area contributed by atoms with Crippen molar-refractivity contribution in [3.8, 4) is 5.75 Å². The smallest absolute Gasteiger partial charge is 0.295 e. The quantitative estimate of drug-likeness (QED) is 0.227. The molecule has 1 heterocycles. The van der Waals surface area contributed by atoms with Crippen LogP contribution in [-0.4, -0.2) is 67.9 Å². The van der Waals surface area contributed by atoms with Gasteiger partial charge in [0.25, 0.3) is 11.7 Å². The lowest BCUT2D eigenvalue weighted by Gasteiger charge is -2.26. The third kappa shape index (κ3) is 6.49. The van der Waals surface area contributed by atoms with Crippen molar-refractivity contribution >= 4 is 23.1 Å². The van der Waals surface area contributed by atoms with Crippen LogP contribution in [0.4, 0.5) is 5.69 Å². The summed E-state index contributed by atoms with van der Waals surface area (Å²) in [6, 6.07) is 22.1. The maximum Gasteiger partial charge on any atom is 0.295 e. The van der Waals surface area contributed by atoms with Gasteiger partial charge in [-0.1, -0.05) is 42.0 Å². The molecule has 204 valence electrons. The number of Topliss-reactive ketones (excluding diaryl/α,β-unsaturated/α-hetero) is 1. The second-order valence-corrected chi connectivity index (χ2v) is 10.4. The van der Waals surface area contributed by atoms with Crippen LogP contribution in [0.3, 0.4) is 0 Å². The Hall–Kier alpha value is -4.10. The van der Waals surface area contributed by atoms with Gasteiger partial charge in [-0.05, 0) is 81.5 Å². The monoisotopic (exact) mass is 527 g/mol. The Labute approximate surface area is 230 Å². The third-order valence-electron chi connectivity index (χ3n) is 6.89. The minimum Gasteiger partial charge on any atom is -0.507 e. The predicted octanol–water partition coefficient (Wildman–Crippen LogP) is 5.01. The van der Waals surface area contributed by atoms with E-state index in [0.29, 0.717) is 30.9 Å².